The third kappa shape index (κ3) is 7.62. The molecular formula is C20H34IN5O2. The van der Waals surface area contributed by atoms with Gasteiger partial charge in [0.1, 0.15) is 5.76 Å². The predicted octanol–water partition coefficient (Wildman–Crippen LogP) is 2.65. The van der Waals surface area contributed by atoms with Crippen LogP contribution in [0.3, 0.4) is 0 Å². The van der Waals surface area contributed by atoms with Crippen LogP contribution in [0.1, 0.15) is 56.7 Å². The van der Waals surface area contributed by atoms with E-state index < -0.39 is 0 Å². The summed E-state index contributed by atoms with van der Waals surface area (Å²) in [6.07, 6.45) is 9.16. The van der Waals surface area contributed by atoms with E-state index in [9.17, 15) is 4.79 Å². The second-order valence-electron chi connectivity index (χ2n) is 7.45. The first-order chi connectivity index (χ1) is 13.3. The summed E-state index contributed by atoms with van der Waals surface area (Å²) in [6, 6.07) is 4.65. The fourth-order valence-electron chi connectivity index (χ4n) is 3.52. The van der Waals surface area contributed by atoms with E-state index in [0.29, 0.717) is 12.5 Å². The Morgan fingerprint density at radius 2 is 2.07 bits per heavy atom. The maximum Gasteiger partial charge on any atom is 0.220 e. The van der Waals surface area contributed by atoms with Gasteiger partial charge >= 0.3 is 0 Å². The van der Waals surface area contributed by atoms with Crippen LogP contribution in [-0.2, 0) is 4.79 Å². The number of nitrogens with zero attached hydrogens (tertiary/aromatic N) is 2. The van der Waals surface area contributed by atoms with Crippen molar-refractivity contribution in [3.63, 3.8) is 0 Å². The van der Waals surface area contributed by atoms with Crippen molar-refractivity contribution in [3.05, 3.63) is 24.2 Å². The van der Waals surface area contributed by atoms with Crippen molar-refractivity contribution in [1.82, 2.24) is 20.9 Å². The van der Waals surface area contributed by atoms with Crippen LogP contribution in [-0.4, -0.2) is 56.0 Å². The molecule has 7 nitrogen and oxygen atoms in total. The first-order valence-electron chi connectivity index (χ1n) is 10.3. The lowest BCUT2D eigenvalue weighted by atomic mass is 10.1. The van der Waals surface area contributed by atoms with Gasteiger partial charge in [0.05, 0.1) is 12.3 Å². The molecular weight excluding hydrogens is 469 g/mol. The third-order valence-corrected chi connectivity index (χ3v) is 5.21. The minimum Gasteiger partial charge on any atom is -0.468 e. The van der Waals surface area contributed by atoms with Crippen molar-refractivity contribution in [2.45, 2.75) is 57.0 Å². The minimum absolute atomic E-state index is 0. The number of carbonyl (C=O) groups excluding carboxylic acids is 1. The minimum atomic E-state index is 0. The van der Waals surface area contributed by atoms with E-state index in [1.165, 1.54) is 19.3 Å². The van der Waals surface area contributed by atoms with Crippen LogP contribution in [0.5, 0.6) is 0 Å². The quantitative estimate of drug-likeness (QED) is 0.209. The smallest absolute Gasteiger partial charge is 0.220 e. The first kappa shape index (κ1) is 23.0. The number of likely N-dealkylation sites (tertiary alicyclic amines) is 1. The number of nitrogens with one attached hydrogen (secondary N) is 3. The van der Waals surface area contributed by atoms with E-state index in [1.807, 2.05) is 6.07 Å². The van der Waals surface area contributed by atoms with E-state index in [4.69, 9.17) is 4.42 Å². The van der Waals surface area contributed by atoms with Crippen LogP contribution >= 0.6 is 24.0 Å². The van der Waals surface area contributed by atoms with Gasteiger partial charge in [-0.15, -0.1) is 24.0 Å². The maximum atomic E-state index is 11.7. The molecule has 158 valence electrons. The lowest BCUT2D eigenvalue weighted by Gasteiger charge is -2.33. The Morgan fingerprint density at radius 3 is 2.71 bits per heavy atom. The third-order valence-electron chi connectivity index (χ3n) is 5.21. The van der Waals surface area contributed by atoms with Gasteiger partial charge < -0.3 is 20.4 Å². The average molecular weight is 503 g/mol. The molecule has 28 heavy (non-hydrogen) atoms. The molecule has 0 bridgehead atoms. The molecule has 0 spiro atoms. The normalized spacial score (nSPS) is 18.8. The number of hydrogen-bond donors (Lipinski definition) is 3. The molecule has 2 aliphatic rings. The zero-order valence-electron chi connectivity index (χ0n) is 16.8. The molecule has 3 rings (SSSR count). The first-order valence-corrected chi connectivity index (χ1v) is 10.3. The molecule has 8 heteroatoms. The number of amides is 1. The number of carbonyl (C=O) groups is 1. The van der Waals surface area contributed by atoms with Gasteiger partial charge in [0.2, 0.25) is 5.91 Å². The zero-order chi connectivity index (χ0) is 18.9. The molecule has 1 aromatic heterocycles. The molecule has 2 heterocycles. The van der Waals surface area contributed by atoms with Gasteiger partial charge in [-0.25, -0.2) is 0 Å². The molecule has 1 aliphatic carbocycles. The number of aliphatic imine (C=N–C) groups is 1. The average Bonchev–Trinajstić information content (AvgIpc) is 3.34. The van der Waals surface area contributed by atoms with Gasteiger partial charge in [-0.1, -0.05) is 6.42 Å². The summed E-state index contributed by atoms with van der Waals surface area (Å²) >= 11 is 0. The van der Waals surface area contributed by atoms with Gasteiger partial charge in [0.25, 0.3) is 0 Å². The van der Waals surface area contributed by atoms with Crippen LogP contribution in [0.4, 0.5) is 0 Å². The molecule has 1 amide bonds. The second kappa shape index (κ2) is 12.3. The highest BCUT2D eigenvalue weighted by Crippen LogP contribution is 2.24. The van der Waals surface area contributed by atoms with Crippen LogP contribution in [0.15, 0.2) is 27.8 Å². The highest BCUT2D eigenvalue weighted by Gasteiger charge is 2.25. The van der Waals surface area contributed by atoms with Gasteiger partial charge in [-0.2, -0.15) is 0 Å². The Labute approximate surface area is 185 Å². The molecule has 0 aromatic carbocycles. The van der Waals surface area contributed by atoms with Crippen molar-refractivity contribution in [2.24, 2.45) is 4.99 Å². The van der Waals surface area contributed by atoms with E-state index in [2.05, 4.69) is 31.9 Å². The van der Waals surface area contributed by atoms with Gasteiger partial charge in [-0.3, -0.25) is 14.7 Å². The molecule has 1 aromatic rings. The van der Waals surface area contributed by atoms with E-state index in [0.717, 1.165) is 57.2 Å². The summed E-state index contributed by atoms with van der Waals surface area (Å²) in [4.78, 5) is 18.5. The highest BCUT2D eigenvalue weighted by molar-refractivity contribution is 14.0. The number of piperidine rings is 1. The van der Waals surface area contributed by atoms with Gasteiger partial charge in [0, 0.05) is 32.6 Å². The SMILES string of the molecule is CN=C(NCCCC(=O)NC1CC1)NCC(c1ccco1)N1CCCCC1.I. The molecule has 2 fully saturated rings. The van der Waals surface area contributed by atoms with Crippen molar-refractivity contribution in [3.8, 4) is 0 Å². The fraction of sp³-hybridized carbons (Fsp3) is 0.700. The highest BCUT2D eigenvalue weighted by atomic mass is 127. The Kier molecular flexibility index (Phi) is 10.1. The number of halogens is 1. The Morgan fingerprint density at radius 1 is 1.29 bits per heavy atom. The summed E-state index contributed by atoms with van der Waals surface area (Å²) in [6.45, 7) is 3.69. The predicted molar refractivity (Wildman–Crippen MR) is 122 cm³/mol. The summed E-state index contributed by atoms with van der Waals surface area (Å²) in [5.41, 5.74) is 0. The molecule has 3 N–H and O–H groups in total. The second-order valence-corrected chi connectivity index (χ2v) is 7.45. The van der Waals surface area contributed by atoms with E-state index >= 15 is 0 Å². The van der Waals surface area contributed by atoms with Gasteiger partial charge in [0.15, 0.2) is 5.96 Å². The lowest BCUT2D eigenvalue weighted by molar-refractivity contribution is -0.121. The van der Waals surface area contributed by atoms with Crippen LogP contribution < -0.4 is 16.0 Å². The van der Waals surface area contributed by atoms with Gasteiger partial charge in [-0.05, 0) is 57.3 Å². The lowest BCUT2D eigenvalue weighted by Crippen LogP contribution is -2.44. The zero-order valence-corrected chi connectivity index (χ0v) is 19.1. The number of hydrogen-bond acceptors (Lipinski definition) is 4. The molecule has 1 unspecified atom stereocenters. The monoisotopic (exact) mass is 503 g/mol. The van der Waals surface area contributed by atoms with E-state index in [-0.39, 0.29) is 35.9 Å². The largest absolute Gasteiger partial charge is 0.468 e. The molecule has 1 saturated carbocycles. The molecule has 0 radical (unpaired) electrons. The summed E-state index contributed by atoms with van der Waals surface area (Å²) in [5, 5.41) is 9.75. The standard InChI is InChI=1S/C20H33N5O2.HI/c1-21-20(22-11-5-8-19(26)24-16-9-10-16)23-15-17(18-7-6-14-27-18)25-12-3-2-4-13-25;/h6-7,14,16-17H,2-5,8-13,15H2,1H3,(H,24,26)(H2,21,22,23);1H. The van der Waals surface area contributed by atoms with E-state index in [1.54, 1.807) is 13.3 Å². The molecule has 1 aliphatic heterocycles. The fourth-order valence-corrected chi connectivity index (χ4v) is 3.52. The Hall–Kier alpha value is -1.29. The van der Waals surface area contributed by atoms with Crippen molar-refractivity contribution >= 4 is 35.8 Å². The Bertz CT molecular complexity index is 598. The van der Waals surface area contributed by atoms with Crippen molar-refractivity contribution in [2.75, 3.05) is 33.2 Å². The van der Waals surface area contributed by atoms with Crippen LogP contribution in [0.2, 0.25) is 0 Å². The molecule has 1 saturated heterocycles. The number of furan rings is 1. The maximum absolute atomic E-state index is 11.7. The summed E-state index contributed by atoms with van der Waals surface area (Å²) in [5.74, 6) is 1.92. The molecule has 1 atom stereocenters. The number of rotatable bonds is 9. The van der Waals surface area contributed by atoms with Crippen LogP contribution in [0, 0.1) is 0 Å². The van der Waals surface area contributed by atoms with Crippen molar-refractivity contribution in [1.29, 1.82) is 0 Å². The number of guanidine groups is 1. The Balaban J connectivity index is 0.00000280. The summed E-state index contributed by atoms with van der Waals surface area (Å²) in [7, 11) is 1.78. The van der Waals surface area contributed by atoms with Crippen LogP contribution in [0.25, 0.3) is 0 Å². The summed E-state index contributed by atoms with van der Waals surface area (Å²) < 4.78 is 5.69. The topological polar surface area (TPSA) is 81.9 Å². The van der Waals surface area contributed by atoms with Crippen molar-refractivity contribution < 1.29 is 9.21 Å².